The van der Waals surface area contributed by atoms with Gasteiger partial charge in [0.2, 0.25) is 0 Å². The molecule has 0 saturated heterocycles. The van der Waals surface area contributed by atoms with E-state index in [0.29, 0.717) is 29.1 Å². The first kappa shape index (κ1) is 21.1. The highest BCUT2D eigenvalue weighted by Gasteiger charge is 2.63. The molecule has 0 amide bonds. The zero-order chi connectivity index (χ0) is 19.2. The Morgan fingerprint density at radius 1 is 1.12 bits per heavy atom. The van der Waals surface area contributed by atoms with Crippen molar-refractivity contribution in [2.45, 2.75) is 103 Å². The number of carbonyl (C=O) groups excluding carboxylic acids is 1. The van der Waals surface area contributed by atoms with E-state index in [1.165, 1.54) is 0 Å². The third-order valence-electron chi connectivity index (χ3n) is 7.95. The fourth-order valence-electron chi connectivity index (χ4n) is 6.50. The number of carbonyl (C=O) groups is 1. The van der Waals surface area contributed by atoms with Gasteiger partial charge in [0.15, 0.2) is 8.32 Å². The lowest BCUT2D eigenvalue weighted by atomic mass is 9.68. The molecule has 0 aromatic rings. The van der Waals surface area contributed by atoms with Gasteiger partial charge < -0.3 is 9.53 Å². The van der Waals surface area contributed by atoms with Gasteiger partial charge in [0.05, 0.1) is 12.2 Å². The zero-order valence-corrected chi connectivity index (χ0v) is 18.7. The fourth-order valence-corrected chi connectivity index (χ4v) is 12.0. The minimum Gasteiger partial charge on any atom is -0.413 e. The average Bonchev–Trinajstić information content (AvgIpc) is 2.95. The van der Waals surface area contributed by atoms with Crippen LogP contribution in [0.1, 0.15) is 81.1 Å². The molecule has 0 bridgehead atoms. The summed E-state index contributed by atoms with van der Waals surface area (Å²) in [4.78, 5) is 13.0. The van der Waals surface area contributed by atoms with E-state index in [-0.39, 0.29) is 23.5 Å². The maximum Gasteiger partial charge on any atom is 0.200 e. The summed E-state index contributed by atoms with van der Waals surface area (Å²) in [5, 5.41) is 11.5. The summed E-state index contributed by atoms with van der Waals surface area (Å²) in [6.45, 7) is 18.2. The van der Waals surface area contributed by atoms with Crippen molar-refractivity contribution in [1.82, 2.24) is 0 Å². The Balaban J connectivity index is 2.26. The van der Waals surface area contributed by atoms with Crippen molar-refractivity contribution in [2.75, 3.05) is 6.61 Å². The number of Topliss-reactive ketones (excluding diaryl/α,β-unsaturated/α-hetero) is 1. The molecule has 2 aliphatic rings. The van der Waals surface area contributed by atoms with Gasteiger partial charge in [0, 0.05) is 17.8 Å². The highest BCUT2D eigenvalue weighted by molar-refractivity contribution is 6.77. The van der Waals surface area contributed by atoms with Crippen molar-refractivity contribution in [3.05, 3.63) is 0 Å². The molecule has 1 unspecified atom stereocenters. The normalized spacial score (nSPS) is 36.6. The molecule has 2 fully saturated rings. The molecular formula is C21H40O3Si. The van der Waals surface area contributed by atoms with Crippen LogP contribution in [0, 0.1) is 17.3 Å². The lowest BCUT2D eigenvalue weighted by Crippen LogP contribution is -2.52. The SMILES string of the molecule is CC(C)[Si](OC[C@@]1(O)CC(=O)C2(CCC[C@H]2C)[C@@H]1C)(C(C)C)C(C)C. The van der Waals surface area contributed by atoms with Crippen LogP contribution in [0.3, 0.4) is 0 Å². The van der Waals surface area contributed by atoms with Crippen LogP contribution in [0.15, 0.2) is 0 Å². The van der Waals surface area contributed by atoms with Crippen LogP contribution in [-0.2, 0) is 9.22 Å². The van der Waals surface area contributed by atoms with Crippen molar-refractivity contribution in [3.63, 3.8) is 0 Å². The van der Waals surface area contributed by atoms with Crippen LogP contribution in [0.2, 0.25) is 16.6 Å². The van der Waals surface area contributed by atoms with Crippen molar-refractivity contribution < 1.29 is 14.3 Å². The smallest absolute Gasteiger partial charge is 0.200 e. The first-order chi connectivity index (χ1) is 11.4. The first-order valence-electron chi connectivity index (χ1n) is 10.3. The monoisotopic (exact) mass is 368 g/mol. The molecule has 25 heavy (non-hydrogen) atoms. The van der Waals surface area contributed by atoms with Gasteiger partial charge in [-0.1, -0.05) is 61.8 Å². The van der Waals surface area contributed by atoms with Gasteiger partial charge in [-0.25, -0.2) is 0 Å². The average molecular weight is 369 g/mol. The molecule has 3 nitrogen and oxygen atoms in total. The van der Waals surface area contributed by atoms with Crippen molar-refractivity contribution in [3.8, 4) is 0 Å². The Labute approximate surface area is 156 Å². The van der Waals surface area contributed by atoms with E-state index in [1.807, 2.05) is 0 Å². The molecule has 2 saturated carbocycles. The molecule has 1 N–H and O–H groups in total. The Kier molecular flexibility index (Phi) is 5.98. The number of aliphatic hydroxyl groups is 1. The zero-order valence-electron chi connectivity index (χ0n) is 17.7. The van der Waals surface area contributed by atoms with Gasteiger partial charge in [-0.05, 0) is 35.4 Å². The van der Waals surface area contributed by atoms with Crippen molar-refractivity contribution >= 4 is 14.1 Å². The number of rotatable bonds is 6. The number of hydrogen-bond donors (Lipinski definition) is 1. The second-order valence-corrected chi connectivity index (χ2v) is 15.3. The maximum atomic E-state index is 13.0. The predicted octanol–water partition coefficient (Wildman–Crippen LogP) is 5.32. The molecule has 2 aliphatic carbocycles. The van der Waals surface area contributed by atoms with Crippen LogP contribution in [0.5, 0.6) is 0 Å². The lowest BCUT2D eigenvalue weighted by molar-refractivity contribution is -0.128. The van der Waals surface area contributed by atoms with Crippen LogP contribution in [0.4, 0.5) is 0 Å². The van der Waals surface area contributed by atoms with Crippen molar-refractivity contribution in [2.24, 2.45) is 17.3 Å². The Morgan fingerprint density at radius 2 is 1.64 bits per heavy atom. The van der Waals surface area contributed by atoms with E-state index in [2.05, 4.69) is 55.4 Å². The maximum absolute atomic E-state index is 13.0. The molecule has 2 rings (SSSR count). The fraction of sp³-hybridized carbons (Fsp3) is 0.952. The van der Waals surface area contributed by atoms with Gasteiger partial charge in [0.1, 0.15) is 5.78 Å². The Hall–Kier alpha value is -0.193. The van der Waals surface area contributed by atoms with Crippen LogP contribution in [-0.4, -0.2) is 31.4 Å². The van der Waals surface area contributed by atoms with E-state index >= 15 is 0 Å². The molecule has 1 spiro atoms. The van der Waals surface area contributed by atoms with Crippen LogP contribution < -0.4 is 0 Å². The van der Waals surface area contributed by atoms with E-state index in [9.17, 15) is 9.90 Å². The summed E-state index contributed by atoms with van der Waals surface area (Å²) < 4.78 is 6.69. The molecule has 0 heterocycles. The van der Waals surface area contributed by atoms with E-state index in [0.717, 1.165) is 19.3 Å². The van der Waals surface area contributed by atoms with Gasteiger partial charge in [-0.15, -0.1) is 0 Å². The highest BCUT2D eigenvalue weighted by atomic mass is 28.4. The van der Waals surface area contributed by atoms with Gasteiger partial charge in [0.25, 0.3) is 0 Å². The van der Waals surface area contributed by atoms with Crippen molar-refractivity contribution in [1.29, 1.82) is 0 Å². The molecule has 0 aromatic heterocycles. The largest absolute Gasteiger partial charge is 0.413 e. The summed E-state index contributed by atoms with van der Waals surface area (Å²) in [6, 6.07) is 0. The summed E-state index contributed by atoms with van der Waals surface area (Å²) in [7, 11) is -2.03. The second-order valence-electron chi connectivity index (χ2n) is 9.87. The second kappa shape index (κ2) is 7.08. The quantitative estimate of drug-likeness (QED) is 0.645. The minimum absolute atomic E-state index is 0.0109. The molecule has 4 heteroatoms. The summed E-state index contributed by atoms with van der Waals surface area (Å²) >= 11 is 0. The predicted molar refractivity (Wildman–Crippen MR) is 106 cm³/mol. The first-order valence-corrected chi connectivity index (χ1v) is 12.5. The van der Waals surface area contributed by atoms with Gasteiger partial charge in [-0.2, -0.15) is 0 Å². The third kappa shape index (κ3) is 3.06. The molecule has 0 radical (unpaired) electrons. The number of ketones is 1. The molecule has 0 aromatic carbocycles. The van der Waals surface area contributed by atoms with Crippen LogP contribution >= 0.6 is 0 Å². The standard InChI is InChI=1S/C21H40O3Si/c1-14(2)25(15(3)4,16(5)6)24-13-20(23)12-19(22)21(18(20)8)11-9-10-17(21)7/h14-18,23H,9-13H2,1-8H3/t17-,18-,20+,21?/m1/s1. The minimum atomic E-state index is -2.03. The third-order valence-corrected chi connectivity index (χ3v) is 14.0. The summed E-state index contributed by atoms with van der Waals surface area (Å²) in [5.74, 6) is 0.650. The van der Waals surface area contributed by atoms with E-state index in [1.54, 1.807) is 0 Å². The van der Waals surface area contributed by atoms with E-state index < -0.39 is 13.9 Å². The highest BCUT2D eigenvalue weighted by Crippen LogP contribution is 2.59. The topological polar surface area (TPSA) is 46.5 Å². The lowest BCUT2D eigenvalue weighted by Gasteiger charge is -2.45. The molecule has 0 aliphatic heterocycles. The summed E-state index contributed by atoms with van der Waals surface area (Å²) in [5.41, 5.74) is 0.163. The van der Waals surface area contributed by atoms with E-state index in [4.69, 9.17) is 4.43 Å². The number of hydrogen-bond acceptors (Lipinski definition) is 3. The Morgan fingerprint density at radius 3 is 2.04 bits per heavy atom. The molecular weight excluding hydrogens is 328 g/mol. The van der Waals surface area contributed by atoms with Gasteiger partial charge in [-0.3, -0.25) is 4.79 Å². The molecule has 146 valence electrons. The Bertz CT molecular complexity index is 480. The van der Waals surface area contributed by atoms with Gasteiger partial charge >= 0.3 is 0 Å². The van der Waals surface area contributed by atoms with Crippen LogP contribution in [0.25, 0.3) is 0 Å². The molecule has 4 atom stereocenters. The summed E-state index contributed by atoms with van der Waals surface area (Å²) in [6.07, 6.45) is 3.43.